The van der Waals surface area contributed by atoms with Crippen LogP contribution in [-0.2, 0) is 4.74 Å². The van der Waals surface area contributed by atoms with Crippen molar-refractivity contribution in [3.05, 3.63) is 29.3 Å². The van der Waals surface area contributed by atoms with Crippen LogP contribution in [0.15, 0.2) is 18.2 Å². The number of rotatable bonds is 7. The maximum absolute atomic E-state index is 11.9. The zero-order chi connectivity index (χ0) is 16.0. The lowest BCUT2D eigenvalue weighted by Gasteiger charge is -2.28. The van der Waals surface area contributed by atoms with Crippen molar-refractivity contribution in [2.75, 3.05) is 19.0 Å². The fourth-order valence-corrected chi connectivity index (χ4v) is 2.32. The molecule has 1 amide bonds. The predicted molar refractivity (Wildman–Crippen MR) is 88.0 cm³/mol. The van der Waals surface area contributed by atoms with Crippen LogP contribution in [0.4, 0.5) is 5.69 Å². The second-order valence-electron chi connectivity index (χ2n) is 6.10. The molecule has 0 aliphatic rings. The lowest BCUT2D eigenvalue weighted by atomic mass is 9.99. The van der Waals surface area contributed by atoms with Crippen LogP contribution in [0.2, 0.25) is 0 Å². The Morgan fingerprint density at radius 2 is 2.05 bits per heavy atom. The second kappa shape index (κ2) is 7.46. The third-order valence-corrected chi connectivity index (χ3v) is 3.59. The van der Waals surface area contributed by atoms with Crippen molar-refractivity contribution in [1.82, 2.24) is 5.32 Å². The number of aryl methyl sites for hydroxylation is 1. The molecule has 1 aromatic carbocycles. The first-order valence-corrected chi connectivity index (χ1v) is 7.49. The molecule has 4 nitrogen and oxygen atoms in total. The van der Waals surface area contributed by atoms with Gasteiger partial charge in [0.05, 0.1) is 5.60 Å². The Morgan fingerprint density at radius 3 is 2.62 bits per heavy atom. The minimum Gasteiger partial charge on any atom is -0.382 e. The third-order valence-electron chi connectivity index (χ3n) is 3.59. The molecule has 1 rings (SSSR count). The van der Waals surface area contributed by atoms with E-state index in [1.165, 1.54) is 0 Å². The molecule has 118 valence electrons. The van der Waals surface area contributed by atoms with Crippen LogP contribution < -0.4 is 10.6 Å². The van der Waals surface area contributed by atoms with E-state index in [1.54, 1.807) is 7.11 Å². The zero-order valence-corrected chi connectivity index (χ0v) is 14.0. The zero-order valence-electron chi connectivity index (χ0n) is 14.0. The Hall–Kier alpha value is -1.55. The van der Waals surface area contributed by atoms with Gasteiger partial charge in [0, 0.05) is 30.9 Å². The minimum atomic E-state index is -0.169. The molecule has 1 aromatic rings. The summed E-state index contributed by atoms with van der Waals surface area (Å²) >= 11 is 0. The number of amides is 1. The summed E-state index contributed by atoms with van der Waals surface area (Å²) in [6.07, 6.45) is 0.883. The number of anilines is 1. The van der Waals surface area contributed by atoms with E-state index in [2.05, 4.69) is 31.4 Å². The molecule has 4 heteroatoms. The number of carbonyl (C=O) groups excluding carboxylic acids is 1. The number of hydrogen-bond acceptors (Lipinski definition) is 3. The summed E-state index contributed by atoms with van der Waals surface area (Å²) < 4.78 is 5.47. The van der Waals surface area contributed by atoms with Gasteiger partial charge in [-0.2, -0.15) is 0 Å². The van der Waals surface area contributed by atoms with E-state index in [4.69, 9.17) is 4.74 Å². The van der Waals surface area contributed by atoms with Crippen molar-refractivity contribution in [3.8, 4) is 0 Å². The summed E-state index contributed by atoms with van der Waals surface area (Å²) in [4.78, 5) is 11.9. The largest absolute Gasteiger partial charge is 0.382 e. The molecule has 0 saturated carbocycles. The number of hydrogen-bond donors (Lipinski definition) is 2. The number of methoxy groups -OCH3 is 1. The summed E-state index contributed by atoms with van der Waals surface area (Å²) in [5.74, 6) is -0.0366. The molecule has 0 radical (unpaired) electrons. The topological polar surface area (TPSA) is 50.4 Å². The number of carbonyl (C=O) groups is 1. The van der Waals surface area contributed by atoms with E-state index in [1.807, 2.05) is 32.0 Å². The van der Waals surface area contributed by atoms with Gasteiger partial charge in [-0.25, -0.2) is 0 Å². The van der Waals surface area contributed by atoms with E-state index in [-0.39, 0.29) is 17.6 Å². The standard InChI is InChI=1S/C17H28N2O2/c1-7-18-16(20)14-9-8-12(2)15(10-14)19-13(3)11-17(4,5)21-6/h8-10,13,19H,7,11H2,1-6H3,(H,18,20). The lowest BCUT2D eigenvalue weighted by Crippen LogP contribution is -2.31. The second-order valence-corrected chi connectivity index (χ2v) is 6.10. The molecule has 0 saturated heterocycles. The van der Waals surface area contributed by atoms with Gasteiger partial charge in [0.25, 0.3) is 5.91 Å². The van der Waals surface area contributed by atoms with Crippen LogP contribution in [0, 0.1) is 6.92 Å². The van der Waals surface area contributed by atoms with Crippen molar-refractivity contribution in [2.45, 2.75) is 52.7 Å². The highest BCUT2D eigenvalue weighted by Crippen LogP contribution is 2.22. The molecule has 2 N–H and O–H groups in total. The van der Waals surface area contributed by atoms with Crippen LogP contribution in [0.5, 0.6) is 0 Å². The Morgan fingerprint density at radius 1 is 1.38 bits per heavy atom. The van der Waals surface area contributed by atoms with E-state index in [0.29, 0.717) is 12.1 Å². The molecule has 1 unspecified atom stereocenters. The molecule has 0 aliphatic carbocycles. The van der Waals surface area contributed by atoms with Crippen molar-refractivity contribution < 1.29 is 9.53 Å². The van der Waals surface area contributed by atoms with E-state index in [0.717, 1.165) is 17.7 Å². The SMILES string of the molecule is CCNC(=O)c1ccc(C)c(NC(C)CC(C)(C)OC)c1. The monoisotopic (exact) mass is 292 g/mol. The van der Waals surface area contributed by atoms with Gasteiger partial charge in [-0.1, -0.05) is 6.07 Å². The van der Waals surface area contributed by atoms with Gasteiger partial charge in [0.1, 0.15) is 0 Å². The smallest absolute Gasteiger partial charge is 0.251 e. The summed E-state index contributed by atoms with van der Waals surface area (Å²) in [7, 11) is 1.73. The first kappa shape index (κ1) is 17.5. The molecule has 0 aromatic heterocycles. The third kappa shape index (κ3) is 5.38. The van der Waals surface area contributed by atoms with E-state index < -0.39 is 0 Å². The van der Waals surface area contributed by atoms with Gasteiger partial charge in [-0.15, -0.1) is 0 Å². The Labute approximate surface area is 128 Å². The average Bonchev–Trinajstić information content (AvgIpc) is 2.41. The fourth-order valence-electron chi connectivity index (χ4n) is 2.32. The van der Waals surface area contributed by atoms with Gasteiger partial charge in [0.15, 0.2) is 0 Å². The highest BCUT2D eigenvalue weighted by molar-refractivity contribution is 5.95. The Bertz CT molecular complexity index is 484. The van der Waals surface area contributed by atoms with E-state index in [9.17, 15) is 4.79 Å². The van der Waals surface area contributed by atoms with E-state index >= 15 is 0 Å². The Balaban J connectivity index is 2.83. The molecule has 1 atom stereocenters. The lowest BCUT2D eigenvalue weighted by molar-refractivity contribution is 0.0128. The number of ether oxygens (including phenoxy) is 1. The fraction of sp³-hybridized carbons (Fsp3) is 0.588. The summed E-state index contributed by atoms with van der Waals surface area (Å²) in [5, 5.41) is 6.30. The highest BCUT2D eigenvalue weighted by Gasteiger charge is 2.20. The summed E-state index contributed by atoms with van der Waals surface area (Å²) in [5.41, 5.74) is 2.64. The van der Waals surface area contributed by atoms with Crippen LogP contribution in [0.25, 0.3) is 0 Å². The molecule has 0 bridgehead atoms. The van der Waals surface area contributed by atoms with Crippen LogP contribution in [-0.4, -0.2) is 31.2 Å². The first-order valence-electron chi connectivity index (χ1n) is 7.49. The molecular formula is C17H28N2O2. The number of nitrogens with one attached hydrogen (secondary N) is 2. The van der Waals surface area contributed by atoms with Crippen molar-refractivity contribution in [3.63, 3.8) is 0 Å². The quantitative estimate of drug-likeness (QED) is 0.810. The molecule has 0 aliphatic heterocycles. The maximum atomic E-state index is 11.9. The first-order chi connectivity index (χ1) is 9.79. The van der Waals surface area contributed by atoms with Crippen LogP contribution >= 0.6 is 0 Å². The molecule has 0 heterocycles. The Kier molecular flexibility index (Phi) is 6.21. The molecule has 0 fully saturated rings. The predicted octanol–water partition coefficient (Wildman–Crippen LogP) is 3.36. The van der Waals surface area contributed by atoms with Crippen molar-refractivity contribution in [1.29, 1.82) is 0 Å². The average molecular weight is 292 g/mol. The van der Waals surface area contributed by atoms with Crippen LogP contribution in [0.1, 0.15) is 50.0 Å². The molecule has 0 spiro atoms. The minimum absolute atomic E-state index is 0.0366. The van der Waals surface area contributed by atoms with Crippen molar-refractivity contribution in [2.24, 2.45) is 0 Å². The highest BCUT2D eigenvalue weighted by atomic mass is 16.5. The summed E-state index contributed by atoms with van der Waals surface area (Å²) in [6.45, 7) is 10.9. The van der Waals surface area contributed by atoms with Gasteiger partial charge in [-0.05, 0) is 58.7 Å². The van der Waals surface area contributed by atoms with Gasteiger partial charge in [-0.3, -0.25) is 4.79 Å². The summed E-state index contributed by atoms with van der Waals surface area (Å²) in [6, 6.07) is 6.00. The van der Waals surface area contributed by atoms with Crippen LogP contribution in [0.3, 0.4) is 0 Å². The van der Waals surface area contributed by atoms with Gasteiger partial charge < -0.3 is 15.4 Å². The molecule has 21 heavy (non-hydrogen) atoms. The molecular weight excluding hydrogens is 264 g/mol. The normalized spacial score (nSPS) is 12.9. The number of benzene rings is 1. The van der Waals surface area contributed by atoms with Crippen molar-refractivity contribution >= 4 is 11.6 Å². The van der Waals surface area contributed by atoms with Gasteiger partial charge >= 0.3 is 0 Å². The van der Waals surface area contributed by atoms with Gasteiger partial charge in [0.2, 0.25) is 0 Å². The maximum Gasteiger partial charge on any atom is 0.251 e.